The zero-order chi connectivity index (χ0) is 43.3. The van der Waals surface area contributed by atoms with Crippen LogP contribution in [0.1, 0.15) is 0 Å². The number of hydrogen-bond acceptors (Lipinski definition) is 15. The fraction of sp³-hybridized carbons (Fsp3) is 0.273. The molecule has 0 saturated carbocycles. The topological polar surface area (TPSA) is 158 Å². The normalized spacial score (nSPS) is 13.6. The Balaban J connectivity index is 0.00000187. The minimum absolute atomic E-state index is 0.323. The monoisotopic (exact) mass is 896 g/mol. The van der Waals surface area contributed by atoms with Crippen LogP contribution in [0.3, 0.4) is 0 Å². The van der Waals surface area contributed by atoms with E-state index in [1.165, 1.54) is 12.4 Å². The molecule has 4 heterocycles. The standard InChI is InChI=1S/C42H44Cl2N12O3.C2H7P/c1-57-37-23-27(55-19-15-45-16-20-55)11-13-33(37)51-41-47-25-29(43)39(53-41)49-31-7-3-5-9-35(31)59-36-10-6-4-8-32(36)50-40-30(44)26-48-42(54-40)52-34-14-12-28(24-38(34)58-2)56-21-17-46-18-22-56;1-3-2/h3-14,23-26,45-46H,15-22H2,1-2H3,(H2,47,49,51,53)(H2,48,50,52,54);3H,1-2H3. The summed E-state index contributed by atoms with van der Waals surface area (Å²) in [4.78, 5) is 22.9. The Labute approximate surface area is 374 Å². The van der Waals surface area contributed by atoms with Crippen LogP contribution in [0, 0.1) is 0 Å². The van der Waals surface area contributed by atoms with Crippen molar-refractivity contribution in [3.05, 3.63) is 107 Å². The largest absolute Gasteiger partial charge is 0.494 e. The smallest absolute Gasteiger partial charge is 0.229 e. The molecule has 0 amide bonds. The molecule has 2 aliphatic heterocycles. The number of hydrogen-bond donors (Lipinski definition) is 6. The van der Waals surface area contributed by atoms with E-state index in [-0.39, 0.29) is 0 Å². The Hall–Kier alpha value is -5.83. The van der Waals surface area contributed by atoms with Crippen molar-refractivity contribution < 1.29 is 14.2 Å². The predicted molar refractivity (Wildman–Crippen MR) is 256 cm³/mol. The molecule has 2 fully saturated rings. The van der Waals surface area contributed by atoms with E-state index in [1.807, 2.05) is 72.8 Å². The molecule has 18 heteroatoms. The predicted octanol–water partition coefficient (Wildman–Crippen LogP) is 9.10. The number of nitrogens with zero attached hydrogens (tertiary/aromatic N) is 6. The molecule has 2 saturated heterocycles. The molecule has 8 rings (SSSR count). The van der Waals surface area contributed by atoms with Gasteiger partial charge in [0.05, 0.1) is 49.4 Å². The zero-order valence-corrected chi connectivity index (χ0v) is 37.6. The second kappa shape index (κ2) is 21.8. The van der Waals surface area contributed by atoms with Gasteiger partial charge in [0, 0.05) is 75.9 Å². The minimum atomic E-state index is 0.323. The molecule has 2 aromatic heterocycles. The van der Waals surface area contributed by atoms with Gasteiger partial charge in [0.1, 0.15) is 21.5 Å². The van der Waals surface area contributed by atoms with Gasteiger partial charge in [-0.15, -0.1) is 8.58 Å². The Morgan fingerprint density at radius 1 is 0.548 bits per heavy atom. The van der Waals surface area contributed by atoms with Gasteiger partial charge in [-0.05, 0) is 61.9 Å². The van der Waals surface area contributed by atoms with Gasteiger partial charge in [-0.2, -0.15) is 9.97 Å². The van der Waals surface area contributed by atoms with Crippen molar-refractivity contribution >= 4 is 89.4 Å². The quantitative estimate of drug-likeness (QED) is 0.0575. The number of nitrogens with one attached hydrogen (secondary N) is 6. The van der Waals surface area contributed by atoms with E-state index in [0.717, 1.165) is 83.7 Å². The maximum absolute atomic E-state index is 6.64. The van der Waals surface area contributed by atoms with Gasteiger partial charge in [-0.1, -0.05) is 47.5 Å². The van der Waals surface area contributed by atoms with Crippen LogP contribution in [0.2, 0.25) is 10.0 Å². The lowest BCUT2D eigenvalue weighted by atomic mass is 10.2. The summed E-state index contributed by atoms with van der Waals surface area (Å²) >= 11 is 13.3. The maximum atomic E-state index is 6.64. The van der Waals surface area contributed by atoms with E-state index in [4.69, 9.17) is 47.4 Å². The highest BCUT2D eigenvalue weighted by Gasteiger charge is 2.18. The summed E-state index contributed by atoms with van der Waals surface area (Å²) < 4.78 is 18.0. The average molecular weight is 898 g/mol. The summed E-state index contributed by atoms with van der Waals surface area (Å²) in [5.41, 5.74) is 4.86. The molecule has 4 aromatic carbocycles. The van der Waals surface area contributed by atoms with Crippen LogP contribution in [0.25, 0.3) is 0 Å². The van der Waals surface area contributed by atoms with E-state index in [1.54, 1.807) is 14.2 Å². The molecule has 0 bridgehead atoms. The number of para-hydroxylation sites is 4. The first-order valence-electron chi connectivity index (χ1n) is 20.2. The van der Waals surface area contributed by atoms with E-state index in [9.17, 15) is 0 Å². The third kappa shape index (κ3) is 11.3. The highest BCUT2D eigenvalue weighted by molar-refractivity contribution is 7.35. The SMILES string of the molecule is COc1cc(N2CCNCC2)ccc1Nc1ncc(Cl)c(Nc2ccccc2Oc2ccccc2Nc2nc(Nc3ccc(N4CCNCC4)cc3OC)ncc2Cl)n1.CPC. The van der Waals surface area contributed by atoms with E-state index in [2.05, 4.69) is 77.1 Å². The number of aromatic nitrogens is 4. The minimum Gasteiger partial charge on any atom is -0.494 e. The Bertz CT molecular complexity index is 2260. The first kappa shape index (κ1) is 44.2. The van der Waals surface area contributed by atoms with Crippen LogP contribution in [0.15, 0.2) is 97.3 Å². The summed E-state index contributed by atoms with van der Waals surface area (Å²) in [7, 11) is 4.37. The molecule has 15 nitrogen and oxygen atoms in total. The van der Waals surface area contributed by atoms with Crippen molar-refractivity contribution in [2.75, 3.05) is 111 Å². The van der Waals surface area contributed by atoms with Gasteiger partial charge in [0.2, 0.25) is 11.9 Å². The van der Waals surface area contributed by atoms with Crippen molar-refractivity contribution in [3.8, 4) is 23.0 Å². The highest BCUT2D eigenvalue weighted by atomic mass is 35.5. The first-order chi connectivity index (χ1) is 30.3. The average Bonchev–Trinajstić information content (AvgIpc) is 3.31. The molecule has 0 atom stereocenters. The van der Waals surface area contributed by atoms with Crippen LogP contribution in [-0.2, 0) is 0 Å². The first-order valence-corrected chi connectivity index (χ1v) is 23.0. The van der Waals surface area contributed by atoms with Crippen molar-refractivity contribution in [1.29, 1.82) is 0 Å². The third-order valence-corrected chi connectivity index (χ3v) is 10.4. The lowest BCUT2D eigenvalue weighted by molar-refractivity contribution is 0.416. The maximum Gasteiger partial charge on any atom is 0.229 e. The van der Waals surface area contributed by atoms with Gasteiger partial charge in [-0.25, -0.2) is 9.97 Å². The lowest BCUT2D eigenvalue weighted by Crippen LogP contribution is -2.43. The van der Waals surface area contributed by atoms with Gasteiger partial charge in [0.15, 0.2) is 23.1 Å². The highest BCUT2D eigenvalue weighted by Crippen LogP contribution is 2.39. The molecule has 0 spiro atoms. The summed E-state index contributed by atoms with van der Waals surface area (Å²) in [6.07, 6.45) is 3.08. The summed E-state index contributed by atoms with van der Waals surface area (Å²) in [6.45, 7) is 11.8. The van der Waals surface area contributed by atoms with Gasteiger partial charge >= 0.3 is 0 Å². The van der Waals surface area contributed by atoms with Gasteiger partial charge in [0.25, 0.3) is 0 Å². The number of ether oxygens (including phenoxy) is 3. The van der Waals surface area contributed by atoms with Crippen molar-refractivity contribution in [3.63, 3.8) is 0 Å². The molecule has 0 aliphatic carbocycles. The molecule has 324 valence electrons. The third-order valence-electron chi connectivity index (χ3n) is 9.82. The second-order valence-electron chi connectivity index (χ2n) is 14.1. The van der Waals surface area contributed by atoms with E-state index >= 15 is 0 Å². The zero-order valence-electron chi connectivity index (χ0n) is 35.1. The molecular formula is C44H51Cl2N12O3P. The molecule has 2 aliphatic rings. The molecule has 0 unspecified atom stereocenters. The van der Waals surface area contributed by atoms with Crippen LogP contribution < -0.4 is 55.9 Å². The van der Waals surface area contributed by atoms with Crippen LogP contribution in [-0.4, -0.2) is 99.8 Å². The van der Waals surface area contributed by atoms with Crippen molar-refractivity contribution in [2.45, 2.75) is 0 Å². The van der Waals surface area contributed by atoms with Gasteiger partial charge in [-0.3, -0.25) is 0 Å². The van der Waals surface area contributed by atoms with Gasteiger partial charge < -0.3 is 55.9 Å². The van der Waals surface area contributed by atoms with Crippen molar-refractivity contribution in [1.82, 2.24) is 30.6 Å². The molecule has 6 N–H and O–H groups in total. The fourth-order valence-electron chi connectivity index (χ4n) is 6.77. The van der Waals surface area contributed by atoms with Crippen LogP contribution >= 0.6 is 31.8 Å². The fourth-order valence-corrected chi connectivity index (χ4v) is 7.04. The second-order valence-corrected chi connectivity index (χ2v) is 15.9. The number of anilines is 10. The Morgan fingerprint density at radius 3 is 1.34 bits per heavy atom. The number of methoxy groups -OCH3 is 2. The number of rotatable bonds is 14. The van der Waals surface area contributed by atoms with Crippen LogP contribution in [0.4, 0.5) is 57.7 Å². The summed E-state index contributed by atoms with van der Waals surface area (Å²) in [6, 6.07) is 27.1. The Morgan fingerprint density at radius 2 is 0.935 bits per heavy atom. The molecule has 6 aromatic rings. The summed E-state index contributed by atoms with van der Waals surface area (Å²) in [5, 5.41) is 20.6. The summed E-state index contributed by atoms with van der Waals surface area (Å²) in [5.74, 6) is 3.81. The molecule has 62 heavy (non-hydrogen) atoms. The number of halogens is 2. The molecule has 0 radical (unpaired) electrons. The Kier molecular flexibility index (Phi) is 15.6. The van der Waals surface area contributed by atoms with E-state index in [0.29, 0.717) is 68.0 Å². The van der Waals surface area contributed by atoms with Crippen molar-refractivity contribution in [2.24, 2.45) is 0 Å². The number of piperazine rings is 2. The number of benzene rings is 4. The van der Waals surface area contributed by atoms with Crippen LogP contribution in [0.5, 0.6) is 23.0 Å². The molecular weight excluding hydrogens is 846 g/mol. The van der Waals surface area contributed by atoms with E-state index < -0.39 is 0 Å². The lowest BCUT2D eigenvalue weighted by Gasteiger charge is -2.30.